The molecule has 1 fully saturated rings. The van der Waals surface area contributed by atoms with Crippen molar-refractivity contribution >= 4 is 29.2 Å². The molecule has 2 aromatic carbocycles. The number of rotatable bonds is 6. The van der Waals surface area contributed by atoms with Gasteiger partial charge < -0.3 is 4.74 Å². The molecule has 2 atom stereocenters. The molecule has 2 aliphatic heterocycles. The molecule has 0 aliphatic carbocycles. The van der Waals surface area contributed by atoms with Gasteiger partial charge in [-0.2, -0.15) is 5.10 Å². The Labute approximate surface area is 206 Å². The Kier molecular flexibility index (Phi) is 7.69. The standard InChI is InChI=1S/C27H32ClN3O3/c1-4-34-27(33)24-7-5-6-14-30(24)17-26(32)31-25(20-10-12-22(28)13-11-20)16-23(29-31)21-9-8-18(2)19(3)15-21/h8-13,15,24-25H,4-7,14,16-17H2,1-3H3/t24-,25+/m1/s1. The summed E-state index contributed by atoms with van der Waals surface area (Å²) in [7, 11) is 0. The molecule has 0 saturated carbocycles. The van der Waals surface area contributed by atoms with Crippen molar-refractivity contribution in [3.63, 3.8) is 0 Å². The van der Waals surface area contributed by atoms with E-state index in [1.165, 1.54) is 11.1 Å². The van der Waals surface area contributed by atoms with E-state index in [9.17, 15) is 9.59 Å². The van der Waals surface area contributed by atoms with Gasteiger partial charge in [0.05, 0.1) is 24.9 Å². The van der Waals surface area contributed by atoms with Crippen molar-refractivity contribution < 1.29 is 14.3 Å². The number of likely N-dealkylation sites (tertiary alicyclic amines) is 1. The highest BCUT2D eigenvalue weighted by atomic mass is 35.5. The summed E-state index contributed by atoms with van der Waals surface area (Å²) in [5.74, 6) is -0.361. The summed E-state index contributed by atoms with van der Waals surface area (Å²) in [6.07, 6.45) is 3.25. The zero-order chi connectivity index (χ0) is 24.2. The number of carbonyl (C=O) groups is 2. The van der Waals surface area contributed by atoms with Gasteiger partial charge in [0.2, 0.25) is 0 Å². The van der Waals surface area contributed by atoms with E-state index in [0.29, 0.717) is 31.0 Å². The van der Waals surface area contributed by atoms with Crippen LogP contribution < -0.4 is 0 Å². The maximum Gasteiger partial charge on any atom is 0.323 e. The summed E-state index contributed by atoms with van der Waals surface area (Å²) in [6.45, 7) is 7.14. The molecule has 7 heteroatoms. The molecule has 0 bridgehead atoms. The molecule has 34 heavy (non-hydrogen) atoms. The number of benzene rings is 2. The monoisotopic (exact) mass is 481 g/mol. The molecular formula is C27H32ClN3O3. The highest BCUT2D eigenvalue weighted by molar-refractivity contribution is 6.30. The van der Waals surface area contributed by atoms with Crippen LogP contribution in [0, 0.1) is 13.8 Å². The third kappa shape index (κ3) is 5.34. The van der Waals surface area contributed by atoms with E-state index in [2.05, 4.69) is 32.0 Å². The van der Waals surface area contributed by atoms with Crippen LogP contribution in [0.5, 0.6) is 0 Å². The van der Waals surface area contributed by atoms with E-state index in [4.69, 9.17) is 21.4 Å². The van der Waals surface area contributed by atoms with Crippen molar-refractivity contribution in [3.8, 4) is 0 Å². The Morgan fingerprint density at radius 1 is 1.09 bits per heavy atom. The van der Waals surface area contributed by atoms with E-state index in [-0.39, 0.29) is 30.5 Å². The lowest BCUT2D eigenvalue weighted by Crippen LogP contribution is -2.49. The number of hydrazone groups is 1. The van der Waals surface area contributed by atoms with Crippen LogP contribution in [0.4, 0.5) is 0 Å². The van der Waals surface area contributed by atoms with Crippen LogP contribution in [0.25, 0.3) is 0 Å². The number of ether oxygens (including phenoxy) is 1. The number of hydrogen-bond acceptors (Lipinski definition) is 5. The van der Waals surface area contributed by atoms with Gasteiger partial charge in [-0.25, -0.2) is 5.01 Å². The molecule has 0 aromatic heterocycles. The van der Waals surface area contributed by atoms with Gasteiger partial charge in [0.15, 0.2) is 0 Å². The van der Waals surface area contributed by atoms with Crippen molar-refractivity contribution in [2.24, 2.45) is 5.10 Å². The number of hydrogen-bond donors (Lipinski definition) is 0. The second-order valence-corrected chi connectivity index (χ2v) is 9.53. The number of esters is 1. The lowest BCUT2D eigenvalue weighted by molar-refractivity contribution is -0.152. The Bertz CT molecular complexity index is 1080. The van der Waals surface area contributed by atoms with Crippen molar-refractivity contribution in [1.82, 2.24) is 9.91 Å². The topological polar surface area (TPSA) is 62.2 Å². The first-order valence-corrected chi connectivity index (χ1v) is 12.4. The Morgan fingerprint density at radius 2 is 1.85 bits per heavy atom. The molecule has 1 saturated heterocycles. The zero-order valence-corrected chi connectivity index (χ0v) is 20.8. The van der Waals surface area contributed by atoms with Crippen LogP contribution in [-0.2, 0) is 14.3 Å². The fourth-order valence-corrected chi connectivity index (χ4v) is 4.84. The minimum absolute atomic E-state index is 0.116. The molecule has 1 amide bonds. The first kappa shape index (κ1) is 24.4. The molecule has 2 aromatic rings. The molecule has 0 radical (unpaired) electrons. The van der Waals surface area contributed by atoms with Crippen LogP contribution in [0.3, 0.4) is 0 Å². The van der Waals surface area contributed by atoms with E-state index in [0.717, 1.165) is 29.7 Å². The molecular weight excluding hydrogens is 450 g/mol. The van der Waals surface area contributed by atoms with Crippen molar-refractivity contribution in [2.75, 3.05) is 19.7 Å². The second kappa shape index (κ2) is 10.7. The van der Waals surface area contributed by atoms with E-state index in [1.54, 1.807) is 11.9 Å². The van der Waals surface area contributed by atoms with Gasteiger partial charge in [-0.15, -0.1) is 0 Å². The first-order valence-electron chi connectivity index (χ1n) is 12.0. The highest BCUT2D eigenvalue weighted by Crippen LogP contribution is 2.34. The Balaban J connectivity index is 1.61. The van der Waals surface area contributed by atoms with Crippen LogP contribution in [0.15, 0.2) is 47.6 Å². The SMILES string of the molecule is CCOC(=O)[C@H]1CCCCN1CC(=O)N1N=C(c2ccc(C)c(C)c2)C[C@H]1c1ccc(Cl)cc1. The van der Waals surface area contributed by atoms with Gasteiger partial charge in [0, 0.05) is 11.4 Å². The Morgan fingerprint density at radius 3 is 2.56 bits per heavy atom. The summed E-state index contributed by atoms with van der Waals surface area (Å²) in [5.41, 5.74) is 5.32. The largest absolute Gasteiger partial charge is 0.465 e. The molecule has 2 heterocycles. The summed E-state index contributed by atoms with van der Waals surface area (Å²) in [4.78, 5) is 28.0. The minimum Gasteiger partial charge on any atom is -0.465 e. The number of carbonyl (C=O) groups excluding carboxylic acids is 2. The molecule has 2 aliphatic rings. The molecule has 0 spiro atoms. The summed E-state index contributed by atoms with van der Waals surface area (Å²) < 4.78 is 5.27. The highest BCUT2D eigenvalue weighted by Gasteiger charge is 2.37. The maximum absolute atomic E-state index is 13.6. The number of nitrogens with zero attached hydrogens (tertiary/aromatic N) is 3. The number of halogens is 1. The number of amides is 1. The third-order valence-corrected chi connectivity index (χ3v) is 7.02. The number of piperidine rings is 1. The van der Waals surface area contributed by atoms with Gasteiger partial charge in [-0.05, 0) is 80.6 Å². The van der Waals surface area contributed by atoms with E-state index >= 15 is 0 Å². The van der Waals surface area contributed by atoms with Gasteiger partial charge in [0.1, 0.15) is 6.04 Å². The summed E-state index contributed by atoms with van der Waals surface area (Å²) in [5, 5.41) is 7.06. The van der Waals surface area contributed by atoms with Crippen LogP contribution in [0.1, 0.15) is 60.9 Å². The van der Waals surface area contributed by atoms with Crippen LogP contribution in [0.2, 0.25) is 5.02 Å². The minimum atomic E-state index is -0.377. The lowest BCUT2D eigenvalue weighted by atomic mass is 9.96. The predicted molar refractivity (Wildman–Crippen MR) is 134 cm³/mol. The van der Waals surface area contributed by atoms with Crippen LogP contribution in [-0.4, -0.2) is 53.2 Å². The third-order valence-electron chi connectivity index (χ3n) is 6.77. The van der Waals surface area contributed by atoms with Crippen LogP contribution >= 0.6 is 11.6 Å². The fourth-order valence-electron chi connectivity index (χ4n) is 4.71. The smallest absolute Gasteiger partial charge is 0.323 e. The summed E-state index contributed by atoms with van der Waals surface area (Å²) >= 11 is 6.11. The Hall–Kier alpha value is -2.70. The van der Waals surface area contributed by atoms with Gasteiger partial charge in [-0.1, -0.05) is 42.3 Å². The molecule has 4 rings (SSSR count). The van der Waals surface area contributed by atoms with Crippen molar-refractivity contribution in [2.45, 2.75) is 58.5 Å². The number of aryl methyl sites for hydroxylation is 2. The van der Waals surface area contributed by atoms with E-state index in [1.807, 2.05) is 29.2 Å². The van der Waals surface area contributed by atoms with Gasteiger partial charge in [-0.3, -0.25) is 14.5 Å². The first-order chi connectivity index (χ1) is 16.4. The summed E-state index contributed by atoms with van der Waals surface area (Å²) in [6, 6.07) is 13.3. The molecule has 6 nitrogen and oxygen atoms in total. The average molecular weight is 482 g/mol. The molecule has 0 N–H and O–H groups in total. The molecule has 180 valence electrons. The zero-order valence-electron chi connectivity index (χ0n) is 20.1. The quantitative estimate of drug-likeness (QED) is 0.541. The fraction of sp³-hybridized carbons (Fsp3) is 0.444. The lowest BCUT2D eigenvalue weighted by Gasteiger charge is -2.34. The molecule has 0 unspecified atom stereocenters. The second-order valence-electron chi connectivity index (χ2n) is 9.09. The maximum atomic E-state index is 13.6. The average Bonchev–Trinajstić information content (AvgIpc) is 3.27. The van der Waals surface area contributed by atoms with Gasteiger partial charge in [0.25, 0.3) is 5.91 Å². The van der Waals surface area contributed by atoms with Crippen molar-refractivity contribution in [1.29, 1.82) is 0 Å². The normalized spacial score (nSPS) is 20.8. The van der Waals surface area contributed by atoms with Crippen molar-refractivity contribution in [3.05, 3.63) is 69.7 Å². The van der Waals surface area contributed by atoms with E-state index < -0.39 is 0 Å². The predicted octanol–water partition coefficient (Wildman–Crippen LogP) is 5.05. The van der Waals surface area contributed by atoms with Gasteiger partial charge >= 0.3 is 5.97 Å².